The molecule has 0 aliphatic carbocycles. The van der Waals surface area contributed by atoms with Crippen LogP contribution in [0, 0.1) is 0 Å². The topological polar surface area (TPSA) is 141 Å². The van der Waals surface area contributed by atoms with Crippen LogP contribution in [0.5, 0.6) is 0 Å². The first-order valence-corrected chi connectivity index (χ1v) is 12.9. The van der Waals surface area contributed by atoms with Crippen LogP contribution in [-0.2, 0) is 16.2 Å². The fraction of sp³-hybridized carbons (Fsp3) is 0.250. The van der Waals surface area contributed by atoms with E-state index in [-0.39, 0.29) is 35.8 Å². The Morgan fingerprint density at radius 1 is 1.03 bits per heavy atom. The van der Waals surface area contributed by atoms with Crippen molar-refractivity contribution in [2.24, 2.45) is 0 Å². The third-order valence-corrected chi connectivity index (χ3v) is 8.19. The number of aliphatic hydroxyl groups excluding tert-OH is 1. The predicted octanol–water partition coefficient (Wildman–Crippen LogP) is 2.63. The summed E-state index contributed by atoms with van der Waals surface area (Å²) in [6.07, 6.45) is -1.71. The number of H-pyrrole nitrogens is 1. The molecule has 38 heavy (non-hydrogen) atoms. The highest BCUT2D eigenvalue weighted by atomic mass is 32.2. The maximum absolute atomic E-state index is 13.2. The fourth-order valence-corrected chi connectivity index (χ4v) is 5.70. The molecule has 0 bridgehead atoms. The maximum atomic E-state index is 13.2. The molecule has 1 fully saturated rings. The number of aliphatic hydroxyl groups is 1. The summed E-state index contributed by atoms with van der Waals surface area (Å²) in [6, 6.07) is 9.19. The van der Waals surface area contributed by atoms with Gasteiger partial charge in [0.1, 0.15) is 5.82 Å². The molecule has 0 spiro atoms. The third-order valence-electron chi connectivity index (χ3n) is 6.31. The van der Waals surface area contributed by atoms with Crippen molar-refractivity contribution >= 4 is 26.7 Å². The SMILES string of the molecule is O=c1[nH]ncc2ncc(-c3ccc(S(=O)(=O)N4CC[C@@H](Nc5ccc(C(F)(F)F)cn5)[C@@H](O)C4)cc3)cc12. The van der Waals surface area contributed by atoms with E-state index in [0.717, 1.165) is 16.4 Å². The van der Waals surface area contributed by atoms with Crippen molar-refractivity contribution in [3.63, 3.8) is 0 Å². The van der Waals surface area contributed by atoms with Crippen molar-refractivity contribution in [2.45, 2.75) is 29.6 Å². The number of aromatic amines is 1. The molecule has 14 heteroatoms. The van der Waals surface area contributed by atoms with Gasteiger partial charge in [-0.05, 0) is 42.3 Å². The molecule has 198 valence electrons. The van der Waals surface area contributed by atoms with Crippen molar-refractivity contribution in [1.29, 1.82) is 0 Å². The predicted molar refractivity (Wildman–Crippen MR) is 132 cm³/mol. The maximum Gasteiger partial charge on any atom is 0.417 e. The zero-order valence-corrected chi connectivity index (χ0v) is 20.4. The number of anilines is 1. The van der Waals surface area contributed by atoms with Crippen LogP contribution in [0.2, 0.25) is 0 Å². The molecule has 0 unspecified atom stereocenters. The van der Waals surface area contributed by atoms with Gasteiger partial charge in [-0.3, -0.25) is 9.78 Å². The Labute approximate surface area is 214 Å². The Kier molecular flexibility index (Phi) is 6.63. The van der Waals surface area contributed by atoms with E-state index in [1.807, 2.05) is 0 Å². The molecule has 2 atom stereocenters. The molecule has 1 aliphatic rings. The molecule has 1 saturated heterocycles. The van der Waals surface area contributed by atoms with E-state index >= 15 is 0 Å². The number of aromatic nitrogens is 4. The Morgan fingerprint density at radius 2 is 1.79 bits per heavy atom. The molecule has 4 aromatic rings. The van der Waals surface area contributed by atoms with Crippen LogP contribution in [-0.4, -0.2) is 63.2 Å². The average Bonchev–Trinajstić information content (AvgIpc) is 2.90. The minimum atomic E-state index is -4.51. The number of benzene rings is 1. The van der Waals surface area contributed by atoms with Crippen molar-refractivity contribution in [3.8, 4) is 11.1 Å². The van der Waals surface area contributed by atoms with Gasteiger partial charge in [0, 0.05) is 31.0 Å². The summed E-state index contributed by atoms with van der Waals surface area (Å²) in [5.74, 6) is 0.148. The first kappa shape index (κ1) is 25.8. The molecule has 0 radical (unpaired) electrons. The van der Waals surface area contributed by atoms with Gasteiger partial charge in [-0.15, -0.1) is 0 Å². The molecule has 1 aromatic carbocycles. The second-order valence-corrected chi connectivity index (χ2v) is 10.7. The van der Waals surface area contributed by atoms with Gasteiger partial charge in [0.05, 0.1) is 39.7 Å². The molecule has 3 N–H and O–H groups in total. The van der Waals surface area contributed by atoms with Crippen molar-refractivity contribution in [3.05, 3.63) is 77.0 Å². The summed E-state index contributed by atoms with van der Waals surface area (Å²) in [5, 5.41) is 19.9. The number of nitrogens with zero attached hydrogens (tertiary/aromatic N) is 4. The fourth-order valence-electron chi connectivity index (χ4n) is 4.22. The van der Waals surface area contributed by atoms with Gasteiger partial charge in [0.15, 0.2) is 0 Å². The number of pyridine rings is 2. The summed E-state index contributed by atoms with van der Waals surface area (Å²) in [7, 11) is -3.93. The standard InChI is InChI=1S/C24H21F3N6O4S/c25-24(26,27)16-3-6-22(29-11-16)31-19-7-8-33(13-21(19)34)38(36,37)17-4-1-14(2-5-17)15-9-18-20(28-10-15)12-30-32-23(18)35/h1-6,9-12,19,21,34H,7-8,13H2,(H,29,31)(H,32,35)/t19-,21+/m1/s1. The van der Waals surface area contributed by atoms with E-state index in [0.29, 0.717) is 28.2 Å². The second kappa shape index (κ2) is 9.78. The first-order chi connectivity index (χ1) is 18.0. The number of alkyl halides is 3. The normalized spacial score (nSPS) is 18.9. The highest BCUT2D eigenvalue weighted by Gasteiger charge is 2.35. The van der Waals surface area contributed by atoms with Gasteiger partial charge in [-0.2, -0.15) is 22.6 Å². The van der Waals surface area contributed by atoms with Crippen LogP contribution >= 0.6 is 0 Å². The Balaban J connectivity index is 1.27. The van der Waals surface area contributed by atoms with Gasteiger partial charge in [-0.25, -0.2) is 18.5 Å². The molecule has 0 amide bonds. The summed E-state index contributed by atoms with van der Waals surface area (Å²) in [5.41, 5.74) is 0.432. The molecule has 5 rings (SSSR count). The highest BCUT2D eigenvalue weighted by molar-refractivity contribution is 7.89. The van der Waals surface area contributed by atoms with Gasteiger partial charge in [-0.1, -0.05) is 12.1 Å². The van der Waals surface area contributed by atoms with Crippen LogP contribution in [0.15, 0.2) is 70.7 Å². The number of fused-ring (bicyclic) bond motifs is 1. The molecular formula is C24H21F3N6O4S. The third kappa shape index (κ3) is 5.10. The monoisotopic (exact) mass is 546 g/mol. The lowest BCUT2D eigenvalue weighted by molar-refractivity contribution is -0.137. The molecule has 3 aromatic heterocycles. The van der Waals surface area contributed by atoms with Crippen LogP contribution in [0.25, 0.3) is 22.0 Å². The van der Waals surface area contributed by atoms with E-state index in [1.165, 1.54) is 18.3 Å². The molecule has 0 saturated carbocycles. The first-order valence-electron chi connectivity index (χ1n) is 11.4. The number of halogens is 3. The molecular weight excluding hydrogens is 525 g/mol. The molecule has 4 heterocycles. The molecule has 10 nitrogen and oxygen atoms in total. The van der Waals surface area contributed by atoms with Crippen molar-refractivity contribution in [2.75, 3.05) is 18.4 Å². The summed E-state index contributed by atoms with van der Waals surface area (Å²) in [4.78, 5) is 20.0. The number of piperidine rings is 1. The summed E-state index contributed by atoms with van der Waals surface area (Å²) >= 11 is 0. The van der Waals surface area contributed by atoms with Crippen LogP contribution in [0.3, 0.4) is 0 Å². The van der Waals surface area contributed by atoms with Crippen molar-refractivity contribution < 1.29 is 26.7 Å². The van der Waals surface area contributed by atoms with Crippen LogP contribution in [0.4, 0.5) is 19.0 Å². The van der Waals surface area contributed by atoms with E-state index in [4.69, 9.17) is 0 Å². The number of β-amino-alcohol motifs (C(OH)–C–C–N with tert-alkyl or cyclic N) is 1. The minimum absolute atomic E-state index is 0.0278. The van der Waals surface area contributed by atoms with E-state index in [1.54, 1.807) is 24.4 Å². The zero-order valence-electron chi connectivity index (χ0n) is 19.6. The van der Waals surface area contributed by atoms with Gasteiger partial charge < -0.3 is 10.4 Å². The van der Waals surface area contributed by atoms with Crippen molar-refractivity contribution in [1.82, 2.24) is 24.5 Å². The number of nitrogens with one attached hydrogen (secondary N) is 2. The minimum Gasteiger partial charge on any atom is -0.390 e. The number of hydrogen-bond donors (Lipinski definition) is 3. The second-order valence-electron chi connectivity index (χ2n) is 8.78. The lowest BCUT2D eigenvalue weighted by atomic mass is 10.0. The smallest absolute Gasteiger partial charge is 0.390 e. The summed E-state index contributed by atoms with van der Waals surface area (Å²) in [6.45, 7) is -0.112. The zero-order chi connectivity index (χ0) is 27.1. The lowest BCUT2D eigenvalue weighted by Gasteiger charge is -2.35. The Bertz CT molecular complexity index is 1630. The van der Waals surface area contributed by atoms with E-state index in [9.17, 15) is 31.5 Å². The average molecular weight is 547 g/mol. The van der Waals surface area contributed by atoms with Crippen LogP contribution in [0.1, 0.15) is 12.0 Å². The van der Waals surface area contributed by atoms with Gasteiger partial charge in [0.2, 0.25) is 10.0 Å². The quantitative estimate of drug-likeness (QED) is 0.347. The largest absolute Gasteiger partial charge is 0.417 e. The van der Waals surface area contributed by atoms with Gasteiger partial charge >= 0.3 is 6.18 Å². The number of rotatable bonds is 5. The Hall–Kier alpha value is -3.88. The number of sulfonamides is 1. The number of hydrogen-bond acceptors (Lipinski definition) is 8. The Morgan fingerprint density at radius 3 is 2.45 bits per heavy atom. The van der Waals surface area contributed by atoms with Gasteiger partial charge in [0.25, 0.3) is 5.56 Å². The van der Waals surface area contributed by atoms with E-state index in [2.05, 4.69) is 25.5 Å². The van der Waals surface area contributed by atoms with Crippen LogP contribution < -0.4 is 10.9 Å². The summed E-state index contributed by atoms with van der Waals surface area (Å²) < 4.78 is 65.8. The molecule has 1 aliphatic heterocycles. The highest BCUT2D eigenvalue weighted by Crippen LogP contribution is 2.30. The van der Waals surface area contributed by atoms with E-state index < -0.39 is 33.9 Å². The lowest BCUT2D eigenvalue weighted by Crippen LogP contribution is -2.51.